The third kappa shape index (κ3) is 2.82. The van der Waals surface area contributed by atoms with Gasteiger partial charge in [-0.1, -0.05) is 19.9 Å². The lowest BCUT2D eigenvalue weighted by Crippen LogP contribution is -2.45. The van der Waals surface area contributed by atoms with Crippen LogP contribution >= 0.6 is 0 Å². The van der Waals surface area contributed by atoms with Crippen molar-refractivity contribution < 1.29 is 4.74 Å². The zero-order valence-electron chi connectivity index (χ0n) is 12.6. The molecule has 1 aliphatic heterocycles. The Labute approximate surface area is 117 Å². The smallest absolute Gasteiger partial charge is 0.0514 e. The Morgan fingerprint density at radius 2 is 2.00 bits per heavy atom. The van der Waals surface area contributed by atoms with Crippen LogP contribution in [0.1, 0.15) is 50.3 Å². The van der Waals surface area contributed by atoms with Crippen LogP contribution in [0.5, 0.6) is 0 Å². The van der Waals surface area contributed by atoms with E-state index in [0.29, 0.717) is 5.92 Å². The van der Waals surface area contributed by atoms with Crippen LogP contribution in [-0.4, -0.2) is 37.2 Å². The van der Waals surface area contributed by atoms with Crippen molar-refractivity contribution in [2.75, 3.05) is 27.3 Å². The summed E-state index contributed by atoms with van der Waals surface area (Å²) < 4.78 is 5.53. The van der Waals surface area contributed by atoms with Crippen LogP contribution < -0.4 is 0 Å². The molecule has 0 bridgehead atoms. The molecular weight excluding hydrogens is 236 g/mol. The first-order valence-corrected chi connectivity index (χ1v) is 7.32. The zero-order valence-corrected chi connectivity index (χ0v) is 12.6. The lowest BCUT2D eigenvalue weighted by molar-refractivity contribution is -0.0107. The first-order valence-electron chi connectivity index (χ1n) is 7.32. The SMILES string of the molecule is CCC(C)c1ccc(C2(N(C)C)CCOCC2)cn1. The number of rotatable bonds is 4. The van der Waals surface area contributed by atoms with Crippen LogP contribution in [-0.2, 0) is 10.3 Å². The maximum Gasteiger partial charge on any atom is 0.0514 e. The van der Waals surface area contributed by atoms with Gasteiger partial charge in [0.15, 0.2) is 0 Å². The lowest BCUT2D eigenvalue weighted by Gasteiger charge is -2.43. The first-order chi connectivity index (χ1) is 9.10. The fourth-order valence-corrected chi connectivity index (χ4v) is 2.88. The van der Waals surface area contributed by atoms with Gasteiger partial charge in [0.05, 0.1) is 5.54 Å². The standard InChI is InChI=1S/C16H26N2O/c1-5-13(2)15-7-6-14(12-17-15)16(18(3)4)8-10-19-11-9-16/h6-7,12-13H,5,8-11H2,1-4H3. The molecule has 3 nitrogen and oxygen atoms in total. The zero-order chi connectivity index (χ0) is 13.9. The molecule has 0 N–H and O–H groups in total. The Hall–Kier alpha value is -0.930. The number of hydrogen-bond acceptors (Lipinski definition) is 3. The average molecular weight is 262 g/mol. The average Bonchev–Trinajstić information content (AvgIpc) is 2.47. The number of hydrogen-bond donors (Lipinski definition) is 0. The summed E-state index contributed by atoms with van der Waals surface area (Å²) in [5.74, 6) is 0.541. The summed E-state index contributed by atoms with van der Waals surface area (Å²) in [6.45, 7) is 6.12. The third-order valence-electron chi connectivity index (χ3n) is 4.62. The van der Waals surface area contributed by atoms with Gasteiger partial charge in [-0.05, 0) is 50.9 Å². The molecule has 1 atom stereocenters. The Morgan fingerprint density at radius 3 is 2.47 bits per heavy atom. The molecule has 0 amide bonds. The molecule has 0 aliphatic carbocycles. The van der Waals surface area contributed by atoms with E-state index in [2.05, 4.69) is 56.2 Å². The summed E-state index contributed by atoms with van der Waals surface area (Å²) in [6.07, 6.45) is 5.31. The lowest BCUT2D eigenvalue weighted by atomic mass is 9.82. The summed E-state index contributed by atoms with van der Waals surface area (Å²) in [7, 11) is 4.32. The molecule has 0 spiro atoms. The predicted octanol–water partition coefficient (Wildman–Crippen LogP) is 3.16. The van der Waals surface area contributed by atoms with Gasteiger partial charge in [0, 0.05) is 25.1 Å². The van der Waals surface area contributed by atoms with Gasteiger partial charge in [0.2, 0.25) is 0 Å². The summed E-state index contributed by atoms with van der Waals surface area (Å²) in [5, 5.41) is 0. The van der Waals surface area contributed by atoms with E-state index in [0.717, 1.165) is 32.5 Å². The molecule has 0 radical (unpaired) electrons. The minimum absolute atomic E-state index is 0.0965. The van der Waals surface area contributed by atoms with Crippen molar-refractivity contribution in [3.63, 3.8) is 0 Å². The van der Waals surface area contributed by atoms with Gasteiger partial charge in [-0.3, -0.25) is 9.88 Å². The Balaban J connectivity index is 2.27. The molecule has 1 aromatic heterocycles. The van der Waals surface area contributed by atoms with Crippen LogP contribution in [0.15, 0.2) is 18.3 Å². The second kappa shape index (κ2) is 6.02. The van der Waals surface area contributed by atoms with Crippen molar-refractivity contribution in [1.82, 2.24) is 9.88 Å². The molecule has 2 rings (SSSR count). The highest BCUT2D eigenvalue weighted by molar-refractivity contribution is 5.25. The topological polar surface area (TPSA) is 25.4 Å². The van der Waals surface area contributed by atoms with Gasteiger partial charge in [-0.15, -0.1) is 0 Å². The number of pyridine rings is 1. The summed E-state index contributed by atoms with van der Waals surface area (Å²) in [4.78, 5) is 7.01. The van der Waals surface area contributed by atoms with Crippen molar-refractivity contribution in [2.45, 2.75) is 44.6 Å². The highest BCUT2D eigenvalue weighted by Gasteiger charge is 2.36. The van der Waals surface area contributed by atoms with Gasteiger partial charge >= 0.3 is 0 Å². The van der Waals surface area contributed by atoms with Crippen molar-refractivity contribution in [2.24, 2.45) is 0 Å². The van der Waals surface area contributed by atoms with Gasteiger partial charge < -0.3 is 4.74 Å². The van der Waals surface area contributed by atoms with E-state index >= 15 is 0 Å². The molecule has 0 saturated carbocycles. The minimum Gasteiger partial charge on any atom is -0.381 e. The van der Waals surface area contributed by atoms with Crippen molar-refractivity contribution >= 4 is 0 Å². The molecule has 2 heterocycles. The van der Waals surface area contributed by atoms with Crippen molar-refractivity contribution in [3.05, 3.63) is 29.6 Å². The molecule has 3 heteroatoms. The minimum atomic E-state index is 0.0965. The number of ether oxygens (including phenoxy) is 1. The molecule has 1 aliphatic rings. The molecule has 1 saturated heterocycles. The molecule has 0 aromatic carbocycles. The quantitative estimate of drug-likeness (QED) is 0.833. The Kier molecular flexibility index (Phi) is 4.58. The fraction of sp³-hybridized carbons (Fsp3) is 0.688. The van der Waals surface area contributed by atoms with Crippen LogP contribution in [0.4, 0.5) is 0 Å². The van der Waals surface area contributed by atoms with E-state index in [9.17, 15) is 0 Å². The molecular formula is C16H26N2O. The second-order valence-corrected chi connectivity index (χ2v) is 5.82. The van der Waals surface area contributed by atoms with Gasteiger partial charge in [0.25, 0.3) is 0 Å². The Morgan fingerprint density at radius 1 is 1.32 bits per heavy atom. The molecule has 1 aromatic rings. The van der Waals surface area contributed by atoms with Crippen LogP contribution in [0, 0.1) is 0 Å². The maximum atomic E-state index is 5.53. The summed E-state index contributed by atoms with van der Waals surface area (Å²) in [5.41, 5.74) is 2.62. The molecule has 1 unspecified atom stereocenters. The van der Waals surface area contributed by atoms with Gasteiger partial charge in [-0.2, -0.15) is 0 Å². The number of aromatic nitrogens is 1. The van der Waals surface area contributed by atoms with Crippen LogP contribution in [0.3, 0.4) is 0 Å². The third-order valence-corrected chi connectivity index (χ3v) is 4.62. The van der Waals surface area contributed by atoms with E-state index in [1.807, 2.05) is 0 Å². The van der Waals surface area contributed by atoms with E-state index in [1.165, 1.54) is 11.3 Å². The molecule has 19 heavy (non-hydrogen) atoms. The van der Waals surface area contributed by atoms with Crippen molar-refractivity contribution in [3.8, 4) is 0 Å². The summed E-state index contributed by atoms with van der Waals surface area (Å²) in [6, 6.07) is 4.46. The van der Waals surface area contributed by atoms with E-state index in [1.54, 1.807) is 0 Å². The normalized spacial score (nSPS) is 20.5. The highest BCUT2D eigenvalue weighted by Crippen LogP contribution is 2.36. The molecule has 106 valence electrons. The van der Waals surface area contributed by atoms with Gasteiger partial charge in [0.1, 0.15) is 0 Å². The fourth-order valence-electron chi connectivity index (χ4n) is 2.88. The Bertz CT molecular complexity index is 394. The highest BCUT2D eigenvalue weighted by atomic mass is 16.5. The second-order valence-electron chi connectivity index (χ2n) is 5.82. The van der Waals surface area contributed by atoms with E-state index in [-0.39, 0.29) is 5.54 Å². The van der Waals surface area contributed by atoms with E-state index in [4.69, 9.17) is 4.74 Å². The largest absolute Gasteiger partial charge is 0.381 e. The maximum absolute atomic E-state index is 5.53. The van der Waals surface area contributed by atoms with Crippen molar-refractivity contribution in [1.29, 1.82) is 0 Å². The first kappa shape index (κ1) is 14.5. The van der Waals surface area contributed by atoms with E-state index < -0.39 is 0 Å². The van der Waals surface area contributed by atoms with Gasteiger partial charge in [-0.25, -0.2) is 0 Å². The van der Waals surface area contributed by atoms with Crippen LogP contribution in [0.25, 0.3) is 0 Å². The summed E-state index contributed by atoms with van der Waals surface area (Å²) >= 11 is 0. The number of nitrogens with zero attached hydrogens (tertiary/aromatic N) is 2. The predicted molar refractivity (Wildman–Crippen MR) is 78.4 cm³/mol. The monoisotopic (exact) mass is 262 g/mol. The molecule has 1 fully saturated rings. The van der Waals surface area contributed by atoms with Crippen LogP contribution in [0.2, 0.25) is 0 Å².